The van der Waals surface area contributed by atoms with Crippen molar-refractivity contribution < 1.29 is 0 Å². The first-order valence-electron chi connectivity index (χ1n) is 5.84. The van der Waals surface area contributed by atoms with E-state index in [0.717, 1.165) is 22.7 Å². The molecule has 3 rings (SSSR count). The molecule has 3 aromatic rings. The first kappa shape index (κ1) is 10.7. The number of nitrogen functional groups attached to an aromatic ring is 1. The molecule has 18 heavy (non-hydrogen) atoms. The molecule has 4 nitrogen and oxygen atoms in total. The number of para-hydroxylation sites is 1. The van der Waals surface area contributed by atoms with Crippen molar-refractivity contribution in [3.8, 4) is 0 Å². The summed E-state index contributed by atoms with van der Waals surface area (Å²) in [7, 11) is 0. The number of pyridine rings is 1. The minimum Gasteiger partial charge on any atom is -0.398 e. The third-order valence-electron chi connectivity index (χ3n) is 2.94. The Morgan fingerprint density at radius 3 is 2.89 bits per heavy atom. The second-order valence-corrected chi connectivity index (χ2v) is 4.12. The molecule has 0 atom stereocenters. The van der Waals surface area contributed by atoms with Crippen LogP contribution in [0.4, 0.5) is 11.5 Å². The predicted molar refractivity (Wildman–Crippen MR) is 73.4 cm³/mol. The van der Waals surface area contributed by atoms with Crippen LogP contribution in [0.15, 0.2) is 54.9 Å². The second-order valence-electron chi connectivity index (χ2n) is 4.12. The van der Waals surface area contributed by atoms with Gasteiger partial charge < -0.3 is 11.1 Å². The SMILES string of the molecule is Nc1ccccc1CNc1cccc2nccn12. The van der Waals surface area contributed by atoms with Crippen LogP contribution >= 0.6 is 0 Å². The standard InChI is InChI=1S/C14H14N4/c15-12-5-2-1-4-11(12)10-17-14-7-3-6-13-16-8-9-18(13)14/h1-9,17H,10,15H2. The highest BCUT2D eigenvalue weighted by Gasteiger charge is 2.01. The summed E-state index contributed by atoms with van der Waals surface area (Å²) in [5.41, 5.74) is 8.75. The molecule has 0 bridgehead atoms. The summed E-state index contributed by atoms with van der Waals surface area (Å²) >= 11 is 0. The molecule has 0 saturated carbocycles. The van der Waals surface area contributed by atoms with E-state index in [4.69, 9.17) is 5.73 Å². The number of anilines is 2. The smallest absolute Gasteiger partial charge is 0.138 e. The van der Waals surface area contributed by atoms with Gasteiger partial charge in [0.15, 0.2) is 0 Å². The van der Waals surface area contributed by atoms with Crippen molar-refractivity contribution in [2.24, 2.45) is 0 Å². The maximum Gasteiger partial charge on any atom is 0.138 e. The molecule has 1 aromatic carbocycles. The van der Waals surface area contributed by atoms with Crippen LogP contribution < -0.4 is 11.1 Å². The van der Waals surface area contributed by atoms with Crippen LogP contribution in [-0.2, 0) is 6.54 Å². The molecule has 90 valence electrons. The molecule has 0 saturated heterocycles. The van der Waals surface area contributed by atoms with E-state index < -0.39 is 0 Å². The van der Waals surface area contributed by atoms with E-state index in [0.29, 0.717) is 6.54 Å². The van der Waals surface area contributed by atoms with Gasteiger partial charge in [-0.1, -0.05) is 24.3 Å². The van der Waals surface area contributed by atoms with Crippen LogP contribution in [0, 0.1) is 0 Å². The first-order valence-corrected chi connectivity index (χ1v) is 5.84. The summed E-state index contributed by atoms with van der Waals surface area (Å²) < 4.78 is 2.01. The zero-order valence-electron chi connectivity index (χ0n) is 9.88. The van der Waals surface area contributed by atoms with E-state index in [2.05, 4.69) is 10.3 Å². The first-order chi connectivity index (χ1) is 8.84. The van der Waals surface area contributed by atoms with Gasteiger partial charge in [0.1, 0.15) is 11.5 Å². The Bertz CT molecular complexity index is 672. The maximum absolute atomic E-state index is 5.92. The van der Waals surface area contributed by atoms with Crippen LogP contribution in [0.1, 0.15) is 5.56 Å². The van der Waals surface area contributed by atoms with Gasteiger partial charge in [-0.2, -0.15) is 0 Å². The molecule has 0 amide bonds. The number of nitrogens with one attached hydrogen (secondary N) is 1. The molecule has 2 aromatic heterocycles. The van der Waals surface area contributed by atoms with Crippen molar-refractivity contribution in [2.75, 3.05) is 11.1 Å². The monoisotopic (exact) mass is 238 g/mol. The lowest BCUT2D eigenvalue weighted by Gasteiger charge is -2.10. The number of rotatable bonds is 3. The quantitative estimate of drug-likeness (QED) is 0.689. The number of fused-ring (bicyclic) bond motifs is 1. The number of nitrogens with zero attached hydrogens (tertiary/aromatic N) is 2. The molecular weight excluding hydrogens is 224 g/mol. The molecule has 0 unspecified atom stereocenters. The summed E-state index contributed by atoms with van der Waals surface area (Å²) in [6.45, 7) is 0.698. The number of benzene rings is 1. The van der Waals surface area contributed by atoms with Crippen LogP contribution in [0.25, 0.3) is 5.65 Å². The third kappa shape index (κ3) is 1.88. The van der Waals surface area contributed by atoms with Crippen LogP contribution in [0.2, 0.25) is 0 Å². The summed E-state index contributed by atoms with van der Waals surface area (Å²) in [6, 6.07) is 13.8. The average Bonchev–Trinajstić information content (AvgIpc) is 2.86. The lowest BCUT2D eigenvalue weighted by atomic mass is 10.2. The maximum atomic E-state index is 5.92. The normalized spacial score (nSPS) is 10.7. The van der Waals surface area contributed by atoms with E-state index in [1.165, 1.54) is 0 Å². The molecule has 0 spiro atoms. The molecule has 2 heterocycles. The van der Waals surface area contributed by atoms with Crippen molar-refractivity contribution in [3.05, 3.63) is 60.4 Å². The van der Waals surface area contributed by atoms with Gasteiger partial charge in [0.25, 0.3) is 0 Å². The third-order valence-corrected chi connectivity index (χ3v) is 2.94. The lowest BCUT2D eigenvalue weighted by Crippen LogP contribution is -2.05. The molecule has 0 aliphatic heterocycles. The van der Waals surface area contributed by atoms with E-state index in [-0.39, 0.29) is 0 Å². The predicted octanol–water partition coefficient (Wildman–Crippen LogP) is 2.53. The van der Waals surface area contributed by atoms with Gasteiger partial charge in [0, 0.05) is 24.6 Å². The molecule has 0 aliphatic carbocycles. The summed E-state index contributed by atoms with van der Waals surface area (Å²) in [5.74, 6) is 1.01. The lowest BCUT2D eigenvalue weighted by molar-refractivity contribution is 1.08. The topological polar surface area (TPSA) is 55.3 Å². The number of aromatic nitrogens is 2. The van der Waals surface area contributed by atoms with Crippen molar-refractivity contribution in [2.45, 2.75) is 6.54 Å². The number of hydrogen-bond acceptors (Lipinski definition) is 3. The Kier molecular flexibility index (Phi) is 2.61. The van der Waals surface area contributed by atoms with Gasteiger partial charge in [-0.3, -0.25) is 4.40 Å². The van der Waals surface area contributed by atoms with Crippen molar-refractivity contribution in [3.63, 3.8) is 0 Å². The fourth-order valence-corrected chi connectivity index (χ4v) is 1.97. The molecule has 3 N–H and O–H groups in total. The minimum absolute atomic E-state index is 0.698. The molecule has 0 fully saturated rings. The van der Waals surface area contributed by atoms with Crippen LogP contribution in [0.3, 0.4) is 0 Å². The van der Waals surface area contributed by atoms with E-state index >= 15 is 0 Å². The van der Waals surface area contributed by atoms with E-state index in [1.54, 1.807) is 6.20 Å². The Balaban J connectivity index is 1.85. The van der Waals surface area contributed by atoms with Gasteiger partial charge in [-0.25, -0.2) is 4.98 Å². The molecule has 0 aliphatic rings. The largest absolute Gasteiger partial charge is 0.398 e. The Hall–Kier alpha value is -2.49. The van der Waals surface area contributed by atoms with Gasteiger partial charge in [-0.15, -0.1) is 0 Å². The fraction of sp³-hybridized carbons (Fsp3) is 0.0714. The van der Waals surface area contributed by atoms with Crippen LogP contribution in [-0.4, -0.2) is 9.38 Å². The van der Waals surface area contributed by atoms with Crippen LogP contribution in [0.5, 0.6) is 0 Å². The zero-order valence-corrected chi connectivity index (χ0v) is 9.88. The Morgan fingerprint density at radius 2 is 2.00 bits per heavy atom. The second kappa shape index (κ2) is 4.41. The highest BCUT2D eigenvalue weighted by molar-refractivity contribution is 5.52. The Labute approximate surface area is 105 Å². The van der Waals surface area contributed by atoms with E-state index in [9.17, 15) is 0 Å². The van der Waals surface area contributed by atoms with Crippen molar-refractivity contribution in [1.29, 1.82) is 0 Å². The number of imidazole rings is 1. The number of hydrogen-bond donors (Lipinski definition) is 2. The average molecular weight is 238 g/mol. The van der Waals surface area contributed by atoms with Crippen molar-refractivity contribution >= 4 is 17.2 Å². The summed E-state index contributed by atoms with van der Waals surface area (Å²) in [5, 5.41) is 3.37. The molecule has 0 radical (unpaired) electrons. The Morgan fingerprint density at radius 1 is 1.11 bits per heavy atom. The fourth-order valence-electron chi connectivity index (χ4n) is 1.97. The van der Waals surface area contributed by atoms with Gasteiger partial charge in [0.05, 0.1) is 0 Å². The van der Waals surface area contributed by atoms with Gasteiger partial charge in [-0.05, 0) is 23.8 Å². The minimum atomic E-state index is 0.698. The molecular formula is C14H14N4. The van der Waals surface area contributed by atoms with Gasteiger partial charge in [0.2, 0.25) is 0 Å². The van der Waals surface area contributed by atoms with E-state index in [1.807, 2.05) is 53.1 Å². The highest BCUT2D eigenvalue weighted by atomic mass is 15.1. The number of nitrogens with two attached hydrogens (primary N) is 1. The summed E-state index contributed by atoms with van der Waals surface area (Å²) in [6.07, 6.45) is 3.73. The van der Waals surface area contributed by atoms with Crippen molar-refractivity contribution in [1.82, 2.24) is 9.38 Å². The van der Waals surface area contributed by atoms with Gasteiger partial charge >= 0.3 is 0 Å². The summed E-state index contributed by atoms with van der Waals surface area (Å²) in [4.78, 5) is 4.25. The molecule has 4 heteroatoms. The highest BCUT2D eigenvalue weighted by Crippen LogP contribution is 2.15. The zero-order chi connectivity index (χ0) is 12.4.